The number of rotatable bonds is 12. The molecular formula is C28H44N2O5SSi. The Morgan fingerprint density at radius 2 is 1.59 bits per heavy atom. The molecule has 0 aliphatic rings. The van der Waals surface area contributed by atoms with Crippen molar-refractivity contribution in [2.45, 2.75) is 84.2 Å². The van der Waals surface area contributed by atoms with Crippen LogP contribution in [0.1, 0.15) is 64.3 Å². The first kappa shape index (κ1) is 31.0. The van der Waals surface area contributed by atoms with Crippen LogP contribution in [0.2, 0.25) is 18.1 Å². The number of anilines is 1. The van der Waals surface area contributed by atoms with Crippen molar-refractivity contribution in [3.63, 3.8) is 0 Å². The molecule has 2 aromatic carbocycles. The molecule has 1 atom stereocenters. The Morgan fingerprint density at radius 1 is 1.03 bits per heavy atom. The van der Waals surface area contributed by atoms with Crippen molar-refractivity contribution in [1.82, 2.24) is 5.32 Å². The van der Waals surface area contributed by atoms with E-state index >= 15 is 0 Å². The quantitative estimate of drug-likeness (QED) is 0.237. The number of hydrogen-bond donors (Lipinski definition) is 3. The number of aromatic hydroxyl groups is 1. The van der Waals surface area contributed by atoms with E-state index in [1.54, 1.807) is 19.1 Å². The molecule has 2 rings (SSSR count). The molecule has 0 radical (unpaired) electrons. The van der Waals surface area contributed by atoms with Gasteiger partial charge in [-0.2, -0.15) is 0 Å². The molecule has 0 aliphatic heterocycles. The first-order valence-electron chi connectivity index (χ1n) is 12.6. The summed E-state index contributed by atoms with van der Waals surface area (Å²) in [6, 6.07) is 13.1. The Labute approximate surface area is 224 Å². The minimum absolute atomic E-state index is 0.0207. The average Bonchev–Trinajstić information content (AvgIpc) is 2.72. The zero-order chi connectivity index (χ0) is 28.2. The van der Waals surface area contributed by atoms with Crippen LogP contribution in [0, 0.1) is 0 Å². The smallest absolute Gasteiger partial charge is 0.229 e. The summed E-state index contributed by atoms with van der Waals surface area (Å²) in [6.45, 7) is 17.3. The molecule has 0 heterocycles. The maximum Gasteiger partial charge on any atom is 0.229 e. The van der Waals surface area contributed by atoms with E-state index in [0.717, 1.165) is 29.4 Å². The van der Waals surface area contributed by atoms with Crippen molar-refractivity contribution < 1.29 is 22.7 Å². The number of carbonyl (C=O) groups excluding carboxylic acids is 1. The number of phenolic OH excluding ortho intramolecular Hbond substituents is 1. The van der Waals surface area contributed by atoms with Crippen LogP contribution < -0.4 is 10.0 Å². The van der Waals surface area contributed by atoms with E-state index in [1.807, 2.05) is 12.1 Å². The molecule has 0 aliphatic carbocycles. The van der Waals surface area contributed by atoms with Gasteiger partial charge in [-0.1, -0.05) is 51.1 Å². The molecule has 9 heteroatoms. The highest BCUT2D eigenvalue weighted by atomic mass is 32.2. The lowest BCUT2D eigenvalue weighted by Gasteiger charge is -2.40. The average molecular weight is 549 g/mol. The Kier molecular flexibility index (Phi) is 9.79. The zero-order valence-electron chi connectivity index (χ0n) is 23.7. The van der Waals surface area contributed by atoms with Gasteiger partial charge in [-0.3, -0.25) is 9.52 Å². The number of phenols is 1. The van der Waals surface area contributed by atoms with Crippen LogP contribution in [0.15, 0.2) is 42.5 Å². The van der Waals surface area contributed by atoms with E-state index in [4.69, 9.17) is 4.43 Å². The van der Waals surface area contributed by atoms with Gasteiger partial charge in [0.25, 0.3) is 0 Å². The van der Waals surface area contributed by atoms with E-state index < -0.39 is 18.3 Å². The SMILES string of the molecule is CC(=O)Cc1ccc(CC(C)(C)NC[C@@H](O[Si](C)(C)C(C)(C)C)c2ccc(O)c(NS(C)(=O)=O)c2)cc1. The number of ketones is 1. The van der Waals surface area contributed by atoms with E-state index in [1.165, 1.54) is 6.07 Å². The van der Waals surface area contributed by atoms with Crippen molar-refractivity contribution in [2.75, 3.05) is 17.5 Å². The minimum Gasteiger partial charge on any atom is -0.506 e. The largest absolute Gasteiger partial charge is 0.506 e. The third-order valence-corrected chi connectivity index (χ3v) is 11.9. The van der Waals surface area contributed by atoms with Crippen LogP contribution in [-0.2, 0) is 32.1 Å². The maximum absolute atomic E-state index is 11.8. The molecule has 0 saturated heterocycles. The monoisotopic (exact) mass is 548 g/mol. The van der Waals surface area contributed by atoms with Crippen molar-refractivity contribution in [3.8, 4) is 5.75 Å². The van der Waals surface area contributed by atoms with Gasteiger partial charge in [0.1, 0.15) is 11.5 Å². The number of nitrogens with one attached hydrogen (secondary N) is 2. The summed E-state index contributed by atoms with van der Waals surface area (Å²) in [5, 5.41) is 13.9. The van der Waals surface area contributed by atoms with Gasteiger partial charge in [-0.15, -0.1) is 0 Å². The maximum atomic E-state index is 11.8. The van der Waals surface area contributed by atoms with E-state index in [0.29, 0.717) is 13.0 Å². The van der Waals surface area contributed by atoms with Gasteiger partial charge >= 0.3 is 0 Å². The summed E-state index contributed by atoms with van der Waals surface area (Å²) in [5.41, 5.74) is 2.83. The van der Waals surface area contributed by atoms with Crippen LogP contribution in [0.4, 0.5) is 5.69 Å². The fourth-order valence-corrected chi connectivity index (χ4v) is 5.65. The number of Topliss-reactive ketones (excluding diaryl/α,β-unsaturated/α-hetero) is 1. The van der Waals surface area contributed by atoms with Crippen molar-refractivity contribution in [3.05, 3.63) is 59.2 Å². The Bertz CT molecular complexity index is 1190. The lowest BCUT2D eigenvalue weighted by atomic mass is 9.93. The molecule has 206 valence electrons. The molecule has 0 bridgehead atoms. The van der Waals surface area contributed by atoms with Gasteiger partial charge in [0.05, 0.1) is 18.0 Å². The number of hydrogen-bond acceptors (Lipinski definition) is 6. The summed E-state index contributed by atoms with van der Waals surface area (Å²) < 4.78 is 32.8. The van der Waals surface area contributed by atoms with Crippen molar-refractivity contribution >= 4 is 29.8 Å². The van der Waals surface area contributed by atoms with E-state index in [-0.39, 0.29) is 33.9 Å². The van der Waals surface area contributed by atoms with Gasteiger partial charge in [-0.25, -0.2) is 8.42 Å². The van der Waals surface area contributed by atoms with Crippen LogP contribution >= 0.6 is 0 Å². The minimum atomic E-state index is -3.56. The second-order valence-corrected chi connectivity index (χ2v) is 18.7. The molecule has 7 nitrogen and oxygen atoms in total. The fraction of sp³-hybridized carbons (Fsp3) is 0.536. The van der Waals surface area contributed by atoms with E-state index in [2.05, 4.69) is 69.9 Å². The standard InChI is InChI=1S/C28H44N2O5SSi/c1-20(31)16-21-10-12-22(13-11-21)18-28(5,6)29-19-26(35-37(8,9)27(2,3)4)23-14-15-25(32)24(17-23)30-36(7,33)34/h10-15,17,26,29-30,32H,16,18-19H2,1-9H3/t26-/m1/s1. The lowest BCUT2D eigenvalue weighted by molar-refractivity contribution is -0.116. The second-order valence-electron chi connectivity index (χ2n) is 12.2. The molecule has 0 spiro atoms. The number of sulfonamides is 1. The molecule has 0 aromatic heterocycles. The highest BCUT2D eigenvalue weighted by Gasteiger charge is 2.40. The molecular weight excluding hydrogens is 504 g/mol. The van der Waals surface area contributed by atoms with Gasteiger partial charge in [0.2, 0.25) is 10.0 Å². The lowest BCUT2D eigenvalue weighted by Crippen LogP contribution is -2.47. The summed E-state index contributed by atoms with van der Waals surface area (Å²) in [6.07, 6.45) is 1.92. The summed E-state index contributed by atoms with van der Waals surface area (Å²) in [5.74, 6) is 0.00778. The van der Waals surface area contributed by atoms with E-state index in [9.17, 15) is 18.3 Å². The highest BCUT2D eigenvalue weighted by molar-refractivity contribution is 7.92. The molecule has 37 heavy (non-hydrogen) atoms. The topological polar surface area (TPSA) is 105 Å². The third kappa shape index (κ3) is 9.88. The van der Waals surface area contributed by atoms with Crippen LogP contribution in [0.5, 0.6) is 5.75 Å². The molecule has 0 unspecified atom stereocenters. The Hall–Kier alpha value is -2.20. The van der Waals surface area contributed by atoms with Crippen LogP contribution in [0.25, 0.3) is 0 Å². The van der Waals surface area contributed by atoms with Gasteiger partial charge in [0, 0.05) is 18.5 Å². The normalized spacial score (nSPS) is 13.9. The third-order valence-electron chi connectivity index (χ3n) is 6.82. The second kappa shape index (κ2) is 11.7. The Morgan fingerprint density at radius 3 is 2.11 bits per heavy atom. The van der Waals surface area contributed by atoms with Gasteiger partial charge in [0.15, 0.2) is 8.32 Å². The number of benzene rings is 2. The summed E-state index contributed by atoms with van der Waals surface area (Å²) in [7, 11) is -5.74. The fourth-order valence-electron chi connectivity index (χ4n) is 3.80. The first-order chi connectivity index (χ1) is 16.8. The van der Waals surface area contributed by atoms with Crippen LogP contribution in [-0.4, -0.2) is 46.0 Å². The molecule has 0 fully saturated rings. The summed E-state index contributed by atoms with van der Waals surface area (Å²) >= 11 is 0. The highest BCUT2D eigenvalue weighted by Crippen LogP contribution is 2.40. The molecule has 2 aromatic rings. The molecule has 0 saturated carbocycles. The van der Waals surface area contributed by atoms with Gasteiger partial charge < -0.3 is 14.8 Å². The van der Waals surface area contributed by atoms with Crippen LogP contribution in [0.3, 0.4) is 0 Å². The Balaban J connectivity index is 2.29. The first-order valence-corrected chi connectivity index (χ1v) is 17.4. The predicted octanol–water partition coefficient (Wildman–Crippen LogP) is 5.57. The molecule has 0 amide bonds. The zero-order valence-corrected chi connectivity index (χ0v) is 25.5. The summed E-state index contributed by atoms with van der Waals surface area (Å²) in [4.78, 5) is 11.4. The molecule has 3 N–H and O–H groups in total. The van der Waals surface area contributed by atoms with Crippen molar-refractivity contribution in [1.29, 1.82) is 0 Å². The van der Waals surface area contributed by atoms with Crippen molar-refractivity contribution in [2.24, 2.45) is 0 Å². The number of carbonyl (C=O) groups is 1. The van der Waals surface area contributed by atoms with Gasteiger partial charge in [-0.05, 0) is 74.1 Å². The predicted molar refractivity (Wildman–Crippen MR) is 154 cm³/mol.